The number of fused-ring (bicyclic) bond motifs is 1. The molecule has 10 nitrogen and oxygen atoms in total. The van der Waals surface area contributed by atoms with Crippen molar-refractivity contribution in [3.8, 4) is 5.75 Å². The third kappa shape index (κ3) is 10.4. The van der Waals surface area contributed by atoms with E-state index < -0.39 is 10.0 Å². The summed E-state index contributed by atoms with van der Waals surface area (Å²) < 4.78 is 45.7. The molecule has 4 rings (SSSR count). The van der Waals surface area contributed by atoms with E-state index in [9.17, 15) is 13.2 Å². The van der Waals surface area contributed by atoms with Crippen LogP contribution >= 0.6 is 23.2 Å². The second kappa shape index (κ2) is 17.7. The molecule has 0 bridgehead atoms. The quantitative estimate of drug-likeness (QED) is 0.193. The van der Waals surface area contributed by atoms with Gasteiger partial charge in [0.1, 0.15) is 11.9 Å². The predicted molar refractivity (Wildman–Crippen MR) is 177 cm³/mol. The Balaban J connectivity index is 1.22. The molecule has 3 atom stereocenters. The third-order valence-corrected chi connectivity index (χ3v) is 10.2. The van der Waals surface area contributed by atoms with Gasteiger partial charge in [-0.15, -0.1) is 0 Å². The van der Waals surface area contributed by atoms with Crippen molar-refractivity contribution in [1.29, 1.82) is 0 Å². The number of nitrogens with zero attached hydrogens (tertiary/aromatic N) is 1. The number of hydrogen-bond donors (Lipinski definition) is 3. The summed E-state index contributed by atoms with van der Waals surface area (Å²) in [6, 6.07) is 10.5. The molecule has 250 valence electrons. The van der Waals surface area contributed by atoms with Gasteiger partial charge in [-0.2, -0.15) is 0 Å². The van der Waals surface area contributed by atoms with Crippen molar-refractivity contribution in [2.24, 2.45) is 0 Å². The van der Waals surface area contributed by atoms with Gasteiger partial charge in [0.05, 0.1) is 37.4 Å². The van der Waals surface area contributed by atoms with Crippen LogP contribution in [0.3, 0.4) is 0 Å². The van der Waals surface area contributed by atoms with Crippen molar-refractivity contribution in [3.63, 3.8) is 0 Å². The molecule has 0 radical (unpaired) electrons. The highest BCUT2D eigenvalue weighted by Gasteiger charge is 2.41. The number of unbranched alkanes of at least 4 members (excludes halogenated alkanes) is 1. The number of ether oxygens (including phenoxy) is 3. The van der Waals surface area contributed by atoms with Gasteiger partial charge in [0, 0.05) is 41.3 Å². The van der Waals surface area contributed by atoms with Crippen LogP contribution in [0.1, 0.15) is 63.2 Å². The lowest BCUT2D eigenvalue weighted by atomic mass is 9.99. The fraction of sp³-hybridized carbons (Fsp3) is 0.594. The summed E-state index contributed by atoms with van der Waals surface area (Å²) in [5.41, 5.74) is 2.05. The number of nitrogens with one attached hydrogen (secondary N) is 3. The lowest BCUT2D eigenvalue weighted by Gasteiger charge is -2.40. The van der Waals surface area contributed by atoms with Crippen LogP contribution < -0.4 is 20.1 Å². The fourth-order valence-corrected chi connectivity index (χ4v) is 7.44. The van der Waals surface area contributed by atoms with Gasteiger partial charge in [0.15, 0.2) is 0 Å². The van der Waals surface area contributed by atoms with Gasteiger partial charge in [0.2, 0.25) is 10.0 Å². The van der Waals surface area contributed by atoms with Gasteiger partial charge in [-0.3, -0.25) is 4.90 Å². The number of sulfonamides is 1. The van der Waals surface area contributed by atoms with E-state index in [2.05, 4.69) is 34.1 Å². The lowest BCUT2D eigenvalue weighted by Crippen LogP contribution is -2.47. The van der Waals surface area contributed by atoms with E-state index in [4.69, 9.17) is 37.4 Å². The standard InChI is InChI=1S/C32H46Cl2N4O6S/c1-3-4-12-35-32(39)36-13-16-42-18-19-43-17-14-37-45(40,41)26-10-8-25(9-11-26)44-31-28-20-24(33)21-29(34)27(28)22-30(31)38-15-6-5-7-23(38)2/h8-11,20-21,23,30-31,37H,3-7,12-19,22H2,1-2H3,(H2,35,36,39)/t23-,30-,31-/m0/s1. The first-order valence-electron chi connectivity index (χ1n) is 15.9. The largest absolute Gasteiger partial charge is 0.484 e. The highest BCUT2D eigenvalue weighted by molar-refractivity contribution is 7.89. The molecule has 1 aliphatic carbocycles. The second-order valence-electron chi connectivity index (χ2n) is 11.5. The number of hydrogen-bond acceptors (Lipinski definition) is 7. The molecule has 1 saturated heterocycles. The number of carbonyl (C=O) groups is 1. The van der Waals surface area contributed by atoms with Crippen molar-refractivity contribution in [1.82, 2.24) is 20.3 Å². The van der Waals surface area contributed by atoms with Gasteiger partial charge in [-0.1, -0.05) is 43.0 Å². The maximum absolute atomic E-state index is 12.9. The highest BCUT2D eigenvalue weighted by atomic mass is 35.5. The lowest BCUT2D eigenvalue weighted by molar-refractivity contribution is 0.0343. The molecule has 2 aromatic rings. The highest BCUT2D eigenvalue weighted by Crippen LogP contribution is 2.44. The minimum absolute atomic E-state index is 0.111. The zero-order chi connectivity index (χ0) is 32.2. The molecular formula is C32H46Cl2N4O6S. The molecule has 0 aromatic heterocycles. The van der Waals surface area contributed by atoms with E-state index in [1.807, 2.05) is 6.07 Å². The number of amides is 2. The van der Waals surface area contributed by atoms with Crippen LogP contribution in [0.15, 0.2) is 41.3 Å². The Morgan fingerprint density at radius 1 is 0.978 bits per heavy atom. The first-order valence-corrected chi connectivity index (χ1v) is 18.1. The van der Waals surface area contributed by atoms with Crippen molar-refractivity contribution >= 4 is 39.3 Å². The average molecular weight is 686 g/mol. The Hall–Kier alpha value is -2.12. The van der Waals surface area contributed by atoms with Gasteiger partial charge in [-0.25, -0.2) is 17.9 Å². The molecule has 45 heavy (non-hydrogen) atoms. The van der Waals surface area contributed by atoms with E-state index in [-0.39, 0.29) is 36.2 Å². The molecule has 2 aromatic carbocycles. The molecule has 0 saturated carbocycles. The molecule has 0 spiro atoms. The Labute approximate surface area is 277 Å². The van der Waals surface area contributed by atoms with Crippen LogP contribution in [0.5, 0.6) is 5.75 Å². The molecule has 1 fully saturated rings. The van der Waals surface area contributed by atoms with Gasteiger partial charge in [0.25, 0.3) is 0 Å². The van der Waals surface area contributed by atoms with Crippen molar-refractivity contribution in [2.75, 3.05) is 52.6 Å². The van der Waals surface area contributed by atoms with Crippen molar-refractivity contribution in [3.05, 3.63) is 57.6 Å². The smallest absolute Gasteiger partial charge is 0.314 e. The molecule has 3 N–H and O–H groups in total. The van der Waals surface area contributed by atoms with Crippen LogP contribution in [0, 0.1) is 0 Å². The molecular weight excluding hydrogens is 639 g/mol. The number of halogens is 2. The number of piperidine rings is 1. The molecule has 0 unspecified atom stereocenters. The number of carbonyl (C=O) groups excluding carboxylic acids is 1. The molecule has 2 aliphatic rings. The van der Waals surface area contributed by atoms with Gasteiger partial charge >= 0.3 is 6.03 Å². The number of urea groups is 1. The summed E-state index contributed by atoms with van der Waals surface area (Å²) in [6.45, 7) is 7.72. The molecule has 2 amide bonds. The SMILES string of the molecule is CCCCNC(=O)NCCOCCOCCNS(=O)(=O)c1ccc(O[C@H]2c3cc(Cl)cc(Cl)c3C[C@@H]2N2CCCC[C@@H]2C)cc1. The third-order valence-electron chi connectivity index (χ3n) is 8.20. The van der Waals surface area contributed by atoms with Gasteiger partial charge in [-0.05, 0) is 81.1 Å². The Morgan fingerprint density at radius 2 is 1.69 bits per heavy atom. The minimum Gasteiger partial charge on any atom is -0.484 e. The number of likely N-dealkylation sites (tertiary alicyclic amines) is 1. The number of benzene rings is 2. The van der Waals surface area contributed by atoms with Crippen LogP contribution in [0.25, 0.3) is 0 Å². The van der Waals surface area contributed by atoms with E-state index in [1.165, 1.54) is 6.42 Å². The Bertz CT molecular complexity index is 1350. The second-order valence-corrected chi connectivity index (χ2v) is 14.1. The van der Waals surface area contributed by atoms with Gasteiger partial charge < -0.3 is 24.8 Å². The van der Waals surface area contributed by atoms with Crippen LogP contribution in [-0.2, 0) is 25.9 Å². The fourth-order valence-electron chi connectivity index (χ4n) is 5.84. The molecule has 1 heterocycles. The molecule has 1 aliphatic heterocycles. The zero-order valence-corrected chi connectivity index (χ0v) is 28.5. The van der Waals surface area contributed by atoms with Crippen LogP contribution in [-0.4, -0.2) is 84.0 Å². The zero-order valence-electron chi connectivity index (χ0n) is 26.2. The normalized spacial score (nSPS) is 20.1. The summed E-state index contributed by atoms with van der Waals surface area (Å²) in [7, 11) is -3.73. The van der Waals surface area contributed by atoms with Crippen LogP contribution in [0.2, 0.25) is 10.0 Å². The topological polar surface area (TPSA) is 118 Å². The summed E-state index contributed by atoms with van der Waals surface area (Å²) >= 11 is 13.0. The maximum atomic E-state index is 12.9. The minimum atomic E-state index is -3.73. The first kappa shape index (κ1) is 35.7. The summed E-state index contributed by atoms with van der Waals surface area (Å²) in [4.78, 5) is 14.2. The van der Waals surface area contributed by atoms with E-state index in [0.717, 1.165) is 49.8 Å². The summed E-state index contributed by atoms with van der Waals surface area (Å²) in [5, 5.41) is 6.71. The predicted octanol–water partition coefficient (Wildman–Crippen LogP) is 5.32. The number of rotatable bonds is 17. The molecule has 13 heteroatoms. The van der Waals surface area contributed by atoms with E-state index in [1.54, 1.807) is 30.3 Å². The summed E-state index contributed by atoms with van der Waals surface area (Å²) in [5.74, 6) is 0.577. The first-order chi connectivity index (χ1) is 21.7. The van der Waals surface area contributed by atoms with Crippen LogP contribution in [0.4, 0.5) is 4.79 Å². The van der Waals surface area contributed by atoms with Crippen molar-refractivity contribution < 1.29 is 27.4 Å². The van der Waals surface area contributed by atoms with E-state index in [0.29, 0.717) is 54.7 Å². The van der Waals surface area contributed by atoms with Crippen molar-refractivity contribution in [2.45, 2.75) is 75.5 Å². The Morgan fingerprint density at radius 3 is 2.40 bits per heavy atom. The Kier molecular flexibility index (Phi) is 14.1. The monoisotopic (exact) mass is 684 g/mol. The summed E-state index contributed by atoms with van der Waals surface area (Å²) in [6.07, 6.45) is 5.99. The maximum Gasteiger partial charge on any atom is 0.314 e. The average Bonchev–Trinajstić information content (AvgIpc) is 3.36. The van der Waals surface area contributed by atoms with E-state index >= 15 is 0 Å².